The number of aromatic nitrogens is 1. The number of nitrogens with one attached hydrogen (secondary N) is 2. The number of aryl methyl sites for hydroxylation is 4. The van der Waals surface area contributed by atoms with Gasteiger partial charge in [-0.25, -0.2) is 4.98 Å². The number of thiazole rings is 1. The number of benzene rings is 1. The number of amides is 1. The Morgan fingerprint density at radius 2 is 1.92 bits per heavy atom. The van der Waals surface area contributed by atoms with Gasteiger partial charge in [0.15, 0.2) is 5.13 Å². The van der Waals surface area contributed by atoms with Gasteiger partial charge in [0.2, 0.25) is 0 Å². The molecule has 0 atom stereocenters. The van der Waals surface area contributed by atoms with Gasteiger partial charge in [0.25, 0.3) is 5.91 Å². The second-order valence-electron chi connectivity index (χ2n) is 5.59. The summed E-state index contributed by atoms with van der Waals surface area (Å²) in [5, 5.41) is 15.8. The minimum Gasteiger partial charge on any atom is -0.337 e. The van der Waals surface area contributed by atoms with Crippen molar-refractivity contribution in [2.24, 2.45) is 0 Å². The Morgan fingerprint density at radius 3 is 2.40 bits per heavy atom. The van der Waals surface area contributed by atoms with Crippen LogP contribution in [0.5, 0.6) is 0 Å². The van der Waals surface area contributed by atoms with Crippen molar-refractivity contribution in [3.63, 3.8) is 0 Å². The summed E-state index contributed by atoms with van der Waals surface area (Å²) < 4.78 is 0. The minimum atomic E-state index is -0.421. The number of hydrogen-bond donors (Lipinski definition) is 2. The molecule has 0 saturated carbocycles. The summed E-state index contributed by atoms with van der Waals surface area (Å²) in [5.41, 5.74) is 3.87. The fourth-order valence-corrected chi connectivity index (χ4v) is 3.18. The normalized spacial score (nSPS) is 11.1. The van der Waals surface area contributed by atoms with Crippen molar-refractivity contribution in [3.05, 3.63) is 51.7 Å². The second kappa shape index (κ2) is 8.45. The third-order valence-corrected chi connectivity index (χ3v) is 4.98. The van der Waals surface area contributed by atoms with E-state index in [1.165, 1.54) is 17.5 Å². The number of anilines is 2. The van der Waals surface area contributed by atoms with Crippen molar-refractivity contribution >= 4 is 28.1 Å². The van der Waals surface area contributed by atoms with Crippen molar-refractivity contribution < 1.29 is 4.79 Å². The van der Waals surface area contributed by atoms with Gasteiger partial charge in [-0.15, -0.1) is 11.3 Å². The zero-order valence-electron chi connectivity index (χ0n) is 14.9. The van der Waals surface area contributed by atoms with E-state index in [-0.39, 0.29) is 5.57 Å². The number of rotatable bonds is 6. The van der Waals surface area contributed by atoms with Crippen LogP contribution >= 0.6 is 11.3 Å². The maximum Gasteiger partial charge on any atom is 0.267 e. The van der Waals surface area contributed by atoms with E-state index >= 15 is 0 Å². The maximum atomic E-state index is 12.5. The molecule has 0 aliphatic carbocycles. The summed E-state index contributed by atoms with van der Waals surface area (Å²) in [5.74, 6) is -0.421. The quantitative estimate of drug-likeness (QED) is 0.597. The first-order valence-corrected chi connectivity index (χ1v) is 9.04. The third-order valence-electron chi connectivity index (χ3n) is 3.97. The molecule has 6 heteroatoms. The number of carbonyl (C=O) groups excluding carboxylic acids is 1. The molecule has 0 aliphatic rings. The van der Waals surface area contributed by atoms with Gasteiger partial charge >= 0.3 is 0 Å². The van der Waals surface area contributed by atoms with E-state index in [0.717, 1.165) is 40.2 Å². The highest BCUT2D eigenvalue weighted by molar-refractivity contribution is 7.15. The topological polar surface area (TPSA) is 77.8 Å². The Labute approximate surface area is 152 Å². The number of nitriles is 1. The van der Waals surface area contributed by atoms with Gasteiger partial charge in [-0.1, -0.05) is 32.0 Å². The molecule has 2 rings (SSSR count). The molecular formula is C19H22N4OS. The molecule has 130 valence electrons. The molecule has 1 aromatic heterocycles. The first kappa shape index (κ1) is 18.7. The Bertz CT molecular complexity index is 804. The van der Waals surface area contributed by atoms with Crippen molar-refractivity contribution in [2.75, 3.05) is 10.6 Å². The van der Waals surface area contributed by atoms with Crippen molar-refractivity contribution in [2.45, 2.75) is 40.5 Å². The summed E-state index contributed by atoms with van der Waals surface area (Å²) in [6, 6.07) is 7.92. The van der Waals surface area contributed by atoms with Gasteiger partial charge in [-0.2, -0.15) is 5.26 Å². The van der Waals surface area contributed by atoms with Crippen LogP contribution in [0, 0.1) is 25.2 Å². The minimum absolute atomic E-state index is 0.0125. The van der Waals surface area contributed by atoms with E-state index in [1.807, 2.05) is 52.0 Å². The van der Waals surface area contributed by atoms with Crippen molar-refractivity contribution in [1.29, 1.82) is 5.26 Å². The van der Waals surface area contributed by atoms with Crippen LogP contribution in [0.2, 0.25) is 0 Å². The van der Waals surface area contributed by atoms with E-state index < -0.39 is 5.91 Å². The van der Waals surface area contributed by atoms with Gasteiger partial charge in [-0.05, 0) is 37.8 Å². The maximum absolute atomic E-state index is 12.5. The van der Waals surface area contributed by atoms with Crippen LogP contribution in [0.4, 0.5) is 10.8 Å². The zero-order chi connectivity index (χ0) is 18.4. The van der Waals surface area contributed by atoms with E-state index in [4.69, 9.17) is 0 Å². The fraction of sp³-hybridized carbons (Fsp3) is 0.316. The van der Waals surface area contributed by atoms with Crippen molar-refractivity contribution in [1.82, 2.24) is 4.98 Å². The largest absolute Gasteiger partial charge is 0.337 e. The standard InChI is InChI=1S/C19H22N4OS/c1-5-14-8-7-9-15(6-2)17(14)23-18(24)16(10-20)11-21-19-22-12(3)13(4)25-19/h7-9,11H,5-6H2,1-4H3,(H,21,22)(H,23,24)/b16-11-. The molecule has 2 aromatic rings. The lowest BCUT2D eigenvalue weighted by molar-refractivity contribution is -0.112. The van der Waals surface area contributed by atoms with Gasteiger partial charge in [0.1, 0.15) is 11.6 Å². The highest BCUT2D eigenvalue weighted by atomic mass is 32.1. The number of hydrogen-bond acceptors (Lipinski definition) is 5. The van der Waals surface area contributed by atoms with E-state index in [1.54, 1.807) is 0 Å². The number of nitrogens with zero attached hydrogens (tertiary/aromatic N) is 2. The Hall–Kier alpha value is -2.65. The zero-order valence-corrected chi connectivity index (χ0v) is 15.8. The highest BCUT2D eigenvalue weighted by Crippen LogP contribution is 2.24. The average Bonchev–Trinajstić information content (AvgIpc) is 2.93. The van der Waals surface area contributed by atoms with Gasteiger partial charge in [0, 0.05) is 16.8 Å². The summed E-state index contributed by atoms with van der Waals surface area (Å²) in [6.07, 6.45) is 3.03. The molecule has 0 unspecified atom stereocenters. The van der Waals surface area contributed by atoms with E-state index in [2.05, 4.69) is 15.6 Å². The lowest BCUT2D eigenvalue weighted by Crippen LogP contribution is -2.17. The number of carbonyl (C=O) groups is 1. The van der Waals surface area contributed by atoms with E-state index in [9.17, 15) is 10.1 Å². The summed E-state index contributed by atoms with van der Waals surface area (Å²) in [4.78, 5) is 18.0. The molecule has 0 saturated heterocycles. The van der Waals surface area contributed by atoms with Crippen LogP contribution in [0.3, 0.4) is 0 Å². The lowest BCUT2D eigenvalue weighted by atomic mass is 10.0. The van der Waals surface area contributed by atoms with E-state index in [0.29, 0.717) is 5.13 Å². The van der Waals surface area contributed by atoms with Crippen LogP contribution < -0.4 is 10.6 Å². The number of para-hydroxylation sites is 1. The van der Waals surface area contributed by atoms with Crippen LogP contribution in [0.1, 0.15) is 35.5 Å². The van der Waals surface area contributed by atoms with Crippen LogP contribution in [0.25, 0.3) is 0 Å². The van der Waals surface area contributed by atoms with Crippen LogP contribution in [-0.4, -0.2) is 10.9 Å². The average molecular weight is 354 g/mol. The first-order chi connectivity index (χ1) is 12.0. The molecule has 1 aromatic carbocycles. The highest BCUT2D eigenvalue weighted by Gasteiger charge is 2.14. The smallest absolute Gasteiger partial charge is 0.267 e. The first-order valence-electron chi connectivity index (χ1n) is 8.23. The summed E-state index contributed by atoms with van der Waals surface area (Å²) in [7, 11) is 0. The molecule has 0 aliphatic heterocycles. The molecular weight excluding hydrogens is 332 g/mol. The predicted molar refractivity (Wildman–Crippen MR) is 103 cm³/mol. The van der Waals surface area contributed by atoms with Gasteiger partial charge in [-0.3, -0.25) is 4.79 Å². The predicted octanol–water partition coefficient (Wildman–Crippen LogP) is 4.34. The van der Waals surface area contributed by atoms with Crippen LogP contribution in [0.15, 0.2) is 30.0 Å². The van der Waals surface area contributed by atoms with Crippen LogP contribution in [-0.2, 0) is 17.6 Å². The fourth-order valence-electron chi connectivity index (χ4n) is 2.40. The molecule has 0 bridgehead atoms. The SMILES string of the molecule is CCc1cccc(CC)c1NC(=O)/C(C#N)=C\Nc1nc(C)c(C)s1. The third kappa shape index (κ3) is 4.46. The lowest BCUT2D eigenvalue weighted by Gasteiger charge is -2.14. The molecule has 5 nitrogen and oxygen atoms in total. The Morgan fingerprint density at radius 1 is 1.28 bits per heavy atom. The second-order valence-corrected chi connectivity index (χ2v) is 6.79. The van der Waals surface area contributed by atoms with Gasteiger partial charge < -0.3 is 10.6 Å². The molecule has 25 heavy (non-hydrogen) atoms. The molecule has 0 radical (unpaired) electrons. The monoisotopic (exact) mass is 354 g/mol. The molecule has 0 spiro atoms. The summed E-state index contributed by atoms with van der Waals surface area (Å²) >= 11 is 1.49. The Balaban J connectivity index is 2.21. The molecule has 0 fully saturated rings. The summed E-state index contributed by atoms with van der Waals surface area (Å²) in [6.45, 7) is 7.99. The molecule has 1 heterocycles. The molecule has 1 amide bonds. The van der Waals surface area contributed by atoms with Crippen molar-refractivity contribution in [3.8, 4) is 6.07 Å². The molecule has 2 N–H and O–H groups in total. The van der Waals surface area contributed by atoms with Gasteiger partial charge in [0.05, 0.1) is 5.69 Å². The Kier molecular flexibility index (Phi) is 6.31.